The lowest BCUT2D eigenvalue weighted by atomic mass is 10.1. The lowest BCUT2D eigenvalue weighted by Gasteiger charge is -2.00. The highest BCUT2D eigenvalue weighted by atomic mass is 79.9. The third-order valence-corrected chi connectivity index (χ3v) is 1.84. The molecule has 0 aliphatic heterocycles. The van der Waals surface area contributed by atoms with Crippen LogP contribution in [0.2, 0.25) is 0 Å². The van der Waals surface area contributed by atoms with Crippen LogP contribution in [-0.2, 0) is 0 Å². The highest BCUT2D eigenvalue weighted by molar-refractivity contribution is 9.10. The van der Waals surface area contributed by atoms with Gasteiger partial charge in [0.2, 0.25) is 0 Å². The van der Waals surface area contributed by atoms with Gasteiger partial charge in [0.05, 0.1) is 6.07 Å². The van der Waals surface area contributed by atoms with E-state index in [-0.39, 0.29) is 0 Å². The van der Waals surface area contributed by atoms with Crippen molar-refractivity contribution in [1.29, 1.82) is 5.26 Å². The van der Waals surface area contributed by atoms with Crippen molar-refractivity contribution in [2.75, 3.05) is 0 Å². The second kappa shape index (κ2) is 3.51. The Morgan fingerprint density at radius 3 is 2.36 bits per heavy atom. The molecule has 1 aromatic carbocycles. The molecule has 0 spiro atoms. The second-order valence-corrected chi connectivity index (χ2v) is 3.00. The molecule has 0 radical (unpaired) electrons. The molecule has 56 valence electrons. The van der Waals surface area contributed by atoms with Crippen molar-refractivity contribution in [3.8, 4) is 6.07 Å². The number of nitriles is 1. The molecular formula is C8H6BrNO. The first-order chi connectivity index (χ1) is 5.24. The Kier molecular flexibility index (Phi) is 2.64. The van der Waals surface area contributed by atoms with Gasteiger partial charge in [-0.1, -0.05) is 28.1 Å². The summed E-state index contributed by atoms with van der Waals surface area (Å²) in [6.45, 7) is 0. The summed E-state index contributed by atoms with van der Waals surface area (Å²) in [7, 11) is 0. The van der Waals surface area contributed by atoms with Gasteiger partial charge in [0.15, 0.2) is 6.10 Å². The maximum absolute atomic E-state index is 9.04. The van der Waals surface area contributed by atoms with Crippen LogP contribution in [0, 0.1) is 11.3 Å². The Morgan fingerprint density at radius 2 is 1.91 bits per heavy atom. The third-order valence-electron chi connectivity index (χ3n) is 1.31. The molecule has 0 aliphatic rings. The van der Waals surface area contributed by atoms with Crippen molar-refractivity contribution in [1.82, 2.24) is 0 Å². The number of benzene rings is 1. The molecule has 0 fully saturated rings. The van der Waals surface area contributed by atoms with Crippen LogP contribution in [0.3, 0.4) is 0 Å². The first-order valence-corrected chi connectivity index (χ1v) is 3.86. The predicted molar refractivity (Wildman–Crippen MR) is 44.7 cm³/mol. The summed E-state index contributed by atoms with van der Waals surface area (Å²) in [4.78, 5) is 0. The molecule has 0 aromatic heterocycles. The van der Waals surface area contributed by atoms with Crippen LogP contribution in [0.25, 0.3) is 0 Å². The topological polar surface area (TPSA) is 44.0 Å². The predicted octanol–water partition coefficient (Wildman–Crippen LogP) is 2.01. The smallest absolute Gasteiger partial charge is 0.165 e. The standard InChI is InChI=1S/C8H6BrNO/c9-7-3-1-6(2-4-7)8(11)5-10/h1-4,8,11H/t8-/m1/s1. The van der Waals surface area contributed by atoms with Gasteiger partial charge in [0, 0.05) is 4.47 Å². The SMILES string of the molecule is N#C[C@@H](O)c1ccc(Br)cc1. The molecule has 1 atom stereocenters. The van der Waals surface area contributed by atoms with Crippen LogP contribution in [-0.4, -0.2) is 5.11 Å². The molecule has 2 nitrogen and oxygen atoms in total. The largest absolute Gasteiger partial charge is 0.374 e. The fourth-order valence-electron chi connectivity index (χ4n) is 0.720. The Morgan fingerprint density at radius 1 is 1.36 bits per heavy atom. The summed E-state index contributed by atoms with van der Waals surface area (Å²) in [5, 5.41) is 17.4. The highest BCUT2D eigenvalue weighted by Crippen LogP contribution is 2.15. The normalized spacial score (nSPS) is 12.1. The van der Waals surface area contributed by atoms with Gasteiger partial charge in [0.25, 0.3) is 0 Å². The third kappa shape index (κ3) is 2.04. The van der Waals surface area contributed by atoms with E-state index in [9.17, 15) is 0 Å². The van der Waals surface area contributed by atoms with E-state index in [4.69, 9.17) is 10.4 Å². The van der Waals surface area contributed by atoms with E-state index in [1.165, 1.54) is 0 Å². The van der Waals surface area contributed by atoms with Crippen molar-refractivity contribution in [3.05, 3.63) is 34.3 Å². The zero-order valence-corrected chi connectivity index (χ0v) is 7.25. The summed E-state index contributed by atoms with van der Waals surface area (Å²) in [5.74, 6) is 0. The van der Waals surface area contributed by atoms with Crippen molar-refractivity contribution in [3.63, 3.8) is 0 Å². The number of aliphatic hydroxyl groups excluding tert-OH is 1. The zero-order valence-electron chi connectivity index (χ0n) is 5.66. The number of aliphatic hydroxyl groups is 1. The molecule has 0 saturated carbocycles. The average Bonchev–Trinajstić information content (AvgIpc) is 2.05. The van der Waals surface area contributed by atoms with E-state index >= 15 is 0 Å². The van der Waals surface area contributed by atoms with E-state index < -0.39 is 6.10 Å². The van der Waals surface area contributed by atoms with Crippen LogP contribution in [0.5, 0.6) is 0 Å². The molecule has 0 heterocycles. The van der Waals surface area contributed by atoms with E-state index in [0.717, 1.165) is 4.47 Å². The lowest BCUT2D eigenvalue weighted by molar-refractivity contribution is 0.236. The Labute approximate surface area is 73.2 Å². The Hall–Kier alpha value is -0.850. The van der Waals surface area contributed by atoms with E-state index in [2.05, 4.69) is 15.9 Å². The van der Waals surface area contributed by atoms with Crippen LogP contribution in [0.1, 0.15) is 11.7 Å². The molecule has 1 N–H and O–H groups in total. The zero-order chi connectivity index (χ0) is 8.27. The van der Waals surface area contributed by atoms with Crippen molar-refractivity contribution < 1.29 is 5.11 Å². The minimum Gasteiger partial charge on any atom is -0.374 e. The van der Waals surface area contributed by atoms with Gasteiger partial charge in [-0.15, -0.1) is 0 Å². The van der Waals surface area contributed by atoms with Crippen LogP contribution in [0.4, 0.5) is 0 Å². The fourth-order valence-corrected chi connectivity index (χ4v) is 0.984. The first kappa shape index (κ1) is 8.25. The number of hydrogen-bond donors (Lipinski definition) is 1. The minimum absolute atomic E-state index is 0.621. The van der Waals surface area contributed by atoms with E-state index in [1.807, 2.05) is 0 Å². The minimum atomic E-state index is -1.01. The van der Waals surface area contributed by atoms with Crippen LogP contribution >= 0.6 is 15.9 Å². The summed E-state index contributed by atoms with van der Waals surface area (Å²) >= 11 is 3.25. The van der Waals surface area contributed by atoms with Gasteiger partial charge in [-0.2, -0.15) is 5.26 Å². The van der Waals surface area contributed by atoms with Gasteiger partial charge in [0.1, 0.15) is 0 Å². The summed E-state index contributed by atoms with van der Waals surface area (Å²) in [6.07, 6.45) is -1.01. The lowest BCUT2D eigenvalue weighted by Crippen LogP contribution is -1.91. The quantitative estimate of drug-likeness (QED) is 0.723. The molecule has 0 unspecified atom stereocenters. The molecular weight excluding hydrogens is 206 g/mol. The summed E-state index contributed by atoms with van der Waals surface area (Å²) in [5.41, 5.74) is 0.621. The maximum Gasteiger partial charge on any atom is 0.165 e. The molecule has 1 rings (SSSR count). The molecule has 3 heteroatoms. The van der Waals surface area contributed by atoms with Crippen LogP contribution in [0.15, 0.2) is 28.7 Å². The molecule has 0 aliphatic carbocycles. The molecule has 11 heavy (non-hydrogen) atoms. The summed E-state index contributed by atoms with van der Waals surface area (Å²) < 4.78 is 0.936. The maximum atomic E-state index is 9.04. The Balaban J connectivity index is 2.92. The van der Waals surface area contributed by atoms with Crippen molar-refractivity contribution >= 4 is 15.9 Å². The van der Waals surface area contributed by atoms with Gasteiger partial charge in [-0.25, -0.2) is 0 Å². The number of hydrogen-bond acceptors (Lipinski definition) is 2. The number of rotatable bonds is 1. The van der Waals surface area contributed by atoms with Crippen molar-refractivity contribution in [2.45, 2.75) is 6.10 Å². The molecule has 1 aromatic rings. The molecule has 0 amide bonds. The average molecular weight is 212 g/mol. The summed E-state index contributed by atoms with van der Waals surface area (Å²) in [6, 6.07) is 8.73. The van der Waals surface area contributed by atoms with Crippen LogP contribution < -0.4 is 0 Å². The van der Waals surface area contributed by atoms with Gasteiger partial charge < -0.3 is 5.11 Å². The fraction of sp³-hybridized carbons (Fsp3) is 0.125. The first-order valence-electron chi connectivity index (χ1n) is 3.07. The van der Waals surface area contributed by atoms with Gasteiger partial charge in [-0.05, 0) is 17.7 Å². The number of halogens is 1. The van der Waals surface area contributed by atoms with Crippen molar-refractivity contribution in [2.24, 2.45) is 0 Å². The van der Waals surface area contributed by atoms with E-state index in [1.54, 1.807) is 30.3 Å². The number of nitrogens with zero attached hydrogens (tertiary/aromatic N) is 1. The monoisotopic (exact) mass is 211 g/mol. The van der Waals surface area contributed by atoms with Gasteiger partial charge in [-0.3, -0.25) is 0 Å². The van der Waals surface area contributed by atoms with Gasteiger partial charge >= 0.3 is 0 Å². The molecule has 0 bridgehead atoms. The highest BCUT2D eigenvalue weighted by Gasteiger charge is 2.03. The Bertz CT molecular complexity index is 275. The van der Waals surface area contributed by atoms with E-state index in [0.29, 0.717) is 5.56 Å². The molecule has 0 saturated heterocycles. The second-order valence-electron chi connectivity index (χ2n) is 2.08.